The smallest absolute Gasteiger partial charge is 0.138 e. The van der Waals surface area contributed by atoms with Crippen molar-refractivity contribution in [3.63, 3.8) is 0 Å². The minimum Gasteiger partial charge on any atom is -0.489 e. The Kier molecular flexibility index (Phi) is 3.32. The first-order valence-corrected chi connectivity index (χ1v) is 6.10. The van der Waals surface area contributed by atoms with Crippen molar-refractivity contribution >= 4 is 15.9 Å². The van der Waals surface area contributed by atoms with Crippen molar-refractivity contribution < 1.29 is 4.74 Å². The fraction of sp³-hybridized carbons (Fsp3) is 0.500. The Labute approximate surface area is 99.1 Å². The van der Waals surface area contributed by atoms with Gasteiger partial charge in [-0.05, 0) is 54.4 Å². The summed E-state index contributed by atoms with van der Waals surface area (Å²) in [7, 11) is 1.96. The van der Waals surface area contributed by atoms with Gasteiger partial charge in [0, 0.05) is 12.1 Å². The Morgan fingerprint density at radius 2 is 2.20 bits per heavy atom. The van der Waals surface area contributed by atoms with Crippen LogP contribution in [0.25, 0.3) is 0 Å². The quantitative estimate of drug-likeness (QED) is 0.908. The minimum atomic E-state index is 0.444. The highest BCUT2D eigenvalue weighted by Crippen LogP contribution is 2.35. The number of aryl methyl sites for hydroxylation is 1. The first kappa shape index (κ1) is 11.0. The standard InChI is InChI=1S/C12H16BrNO/c1-8-5-9(7-14-2)12(11(13)6-8)15-10-3-4-10/h5-6,10,14H,3-4,7H2,1-2H3. The van der Waals surface area contributed by atoms with Crippen LogP contribution in [0.15, 0.2) is 16.6 Å². The van der Waals surface area contributed by atoms with Crippen LogP contribution in [0.3, 0.4) is 0 Å². The largest absolute Gasteiger partial charge is 0.489 e. The molecule has 1 aliphatic carbocycles. The molecule has 1 fully saturated rings. The molecule has 0 unspecified atom stereocenters. The minimum absolute atomic E-state index is 0.444. The molecular weight excluding hydrogens is 254 g/mol. The lowest BCUT2D eigenvalue weighted by Crippen LogP contribution is -2.09. The van der Waals surface area contributed by atoms with Crippen molar-refractivity contribution in [3.05, 3.63) is 27.7 Å². The molecule has 82 valence electrons. The van der Waals surface area contributed by atoms with E-state index in [0.29, 0.717) is 6.10 Å². The van der Waals surface area contributed by atoms with Crippen LogP contribution in [0.1, 0.15) is 24.0 Å². The van der Waals surface area contributed by atoms with Crippen LogP contribution in [0, 0.1) is 6.92 Å². The van der Waals surface area contributed by atoms with Crippen LogP contribution in [0.4, 0.5) is 0 Å². The summed E-state index contributed by atoms with van der Waals surface area (Å²) in [6.45, 7) is 2.95. The summed E-state index contributed by atoms with van der Waals surface area (Å²) >= 11 is 3.57. The number of ether oxygens (including phenoxy) is 1. The van der Waals surface area contributed by atoms with Crippen molar-refractivity contribution in [1.82, 2.24) is 5.32 Å². The fourth-order valence-electron chi connectivity index (χ4n) is 1.61. The highest BCUT2D eigenvalue weighted by molar-refractivity contribution is 9.10. The van der Waals surface area contributed by atoms with Crippen LogP contribution < -0.4 is 10.1 Å². The number of hydrogen-bond acceptors (Lipinski definition) is 2. The van der Waals surface area contributed by atoms with Gasteiger partial charge in [0.1, 0.15) is 5.75 Å². The third kappa shape index (κ3) is 2.73. The molecule has 15 heavy (non-hydrogen) atoms. The lowest BCUT2D eigenvalue weighted by Gasteiger charge is -2.13. The molecule has 0 aromatic heterocycles. The van der Waals surface area contributed by atoms with E-state index in [1.807, 2.05) is 7.05 Å². The molecule has 0 radical (unpaired) electrons. The lowest BCUT2D eigenvalue weighted by atomic mass is 10.1. The van der Waals surface area contributed by atoms with Gasteiger partial charge in [0.05, 0.1) is 10.6 Å². The molecule has 0 aliphatic heterocycles. The fourth-order valence-corrected chi connectivity index (χ4v) is 2.32. The van der Waals surface area contributed by atoms with Crippen molar-refractivity contribution in [2.45, 2.75) is 32.4 Å². The van der Waals surface area contributed by atoms with Gasteiger partial charge in [-0.15, -0.1) is 0 Å². The van der Waals surface area contributed by atoms with Crippen molar-refractivity contribution in [2.24, 2.45) is 0 Å². The first-order valence-electron chi connectivity index (χ1n) is 5.31. The van der Waals surface area contributed by atoms with E-state index in [1.165, 1.54) is 24.0 Å². The second-order valence-electron chi connectivity index (χ2n) is 4.08. The van der Waals surface area contributed by atoms with Crippen LogP contribution in [-0.4, -0.2) is 13.2 Å². The highest BCUT2D eigenvalue weighted by Gasteiger charge is 2.25. The van der Waals surface area contributed by atoms with E-state index < -0.39 is 0 Å². The highest BCUT2D eigenvalue weighted by atomic mass is 79.9. The Morgan fingerprint density at radius 1 is 1.47 bits per heavy atom. The Balaban J connectivity index is 2.29. The number of hydrogen-bond donors (Lipinski definition) is 1. The average molecular weight is 270 g/mol. The van der Waals surface area contributed by atoms with Crippen molar-refractivity contribution in [2.75, 3.05) is 7.05 Å². The second-order valence-corrected chi connectivity index (χ2v) is 4.94. The van der Waals surface area contributed by atoms with Gasteiger partial charge in [-0.1, -0.05) is 6.07 Å². The number of benzene rings is 1. The molecule has 1 saturated carbocycles. The molecule has 1 aliphatic rings. The van der Waals surface area contributed by atoms with Crippen LogP contribution in [0.5, 0.6) is 5.75 Å². The molecule has 0 bridgehead atoms. The van der Waals surface area contributed by atoms with Gasteiger partial charge < -0.3 is 10.1 Å². The lowest BCUT2D eigenvalue weighted by molar-refractivity contribution is 0.297. The van der Waals surface area contributed by atoms with Gasteiger partial charge in [0.2, 0.25) is 0 Å². The average Bonchev–Trinajstić information content (AvgIpc) is 2.95. The van der Waals surface area contributed by atoms with E-state index in [4.69, 9.17) is 4.74 Å². The van der Waals surface area contributed by atoms with Gasteiger partial charge in [-0.2, -0.15) is 0 Å². The third-order valence-corrected chi connectivity index (χ3v) is 3.03. The van der Waals surface area contributed by atoms with Crippen LogP contribution in [0.2, 0.25) is 0 Å². The molecule has 0 saturated heterocycles. The van der Waals surface area contributed by atoms with Gasteiger partial charge in [0.25, 0.3) is 0 Å². The summed E-state index contributed by atoms with van der Waals surface area (Å²) in [5, 5.41) is 3.17. The predicted molar refractivity (Wildman–Crippen MR) is 65.3 cm³/mol. The normalized spacial score (nSPS) is 15.4. The molecule has 0 heterocycles. The molecule has 2 rings (SSSR count). The Hall–Kier alpha value is -0.540. The molecule has 1 N–H and O–H groups in total. The molecule has 3 heteroatoms. The zero-order valence-electron chi connectivity index (χ0n) is 9.14. The van der Waals surface area contributed by atoms with Gasteiger partial charge in [0.15, 0.2) is 0 Å². The number of rotatable bonds is 4. The molecule has 1 aromatic rings. The Bertz CT molecular complexity index is 361. The number of halogens is 1. The van der Waals surface area contributed by atoms with E-state index in [0.717, 1.165) is 16.8 Å². The summed E-state index contributed by atoms with van der Waals surface area (Å²) in [4.78, 5) is 0. The molecule has 0 spiro atoms. The van der Waals surface area contributed by atoms with E-state index in [-0.39, 0.29) is 0 Å². The van der Waals surface area contributed by atoms with Gasteiger partial charge >= 0.3 is 0 Å². The Morgan fingerprint density at radius 3 is 2.80 bits per heavy atom. The molecule has 0 atom stereocenters. The SMILES string of the molecule is CNCc1cc(C)cc(Br)c1OC1CC1. The van der Waals surface area contributed by atoms with E-state index >= 15 is 0 Å². The van der Waals surface area contributed by atoms with E-state index in [2.05, 4.69) is 40.3 Å². The maximum Gasteiger partial charge on any atom is 0.138 e. The predicted octanol–water partition coefficient (Wildman–Crippen LogP) is 3.02. The van der Waals surface area contributed by atoms with Crippen LogP contribution >= 0.6 is 15.9 Å². The first-order chi connectivity index (χ1) is 7.20. The summed E-state index contributed by atoms with van der Waals surface area (Å²) < 4.78 is 6.98. The monoisotopic (exact) mass is 269 g/mol. The zero-order chi connectivity index (χ0) is 10.8. The molecular formula is C12H16BrNO. The zero-order valence-corrected chi connectivity index (χ0v) is 10.7. The summed E-state index contributed by atoms with van der Waals surface area (Å²) in [6, 6.07) is 4.29. The maximum atomic E-state index is 5.91. The van der Waals surface area contributed by atoms with Crippen molar-refractivity contribution in [3.8, 4) is 5.75 Å². The molecule has 2 nitrogen and oxygen atoms in total. The summed E-state index contributed by atoms with van der Waals surface area (Å²) in [6.07, 6.45) is 2.83. The van der Waals surface area contributed by atoms with Gasteiger partial charge in [-0.25, -0.2) is 0 Å². The second kappa shape index (κ2) is 4.54. The van der Waals surface area contributed by atoms with Crippen molar-refractivity contribution in [1.29, 1.82) is 0 Å². The molecule has 1 aromatic carbocycles. The summed E-state index contributed by atoms with van der Waals surface area (Å²) in [5.41, 5.74) is 2.49. The van der Waals surface area contributed by atoms with Crippen LogP contribution in [-0.2, 0) is 6.54 Å². The van der Waals surface area contributed by atoms with E-state index in [1.54, 1.807) is 0 Å². The number of nitrogens with one attached hydrogen (secondary N) is 1. The topological polar surface area (TPSA) is 21.3 Å². The van der Waals surface area contributed by atoms with E-state index in [9.17, 15) is 0 Å². The third-order valence-electron chi connectivity index (χ3n) is 2.44. The summed E-state index contributed by atoms with van der Waals surface area (Å²) in [5.74, 6) is 1.01. The maximum absolute atomic E-state index is 5.91. The van der Waals surface area contributed by atoms with Gasteiger partial charge in [-0.3, -0.25) is 0 Å². The molecule has 0 amide bonds.